The molecule has 1 saturated heterocycles. The van der Waals surface area contributed by atoms with Gasteiger partial charge in [0, 0.05) is 25.2 Å². The van der Waals surface area contributed by atoms with Crippen LogP contribution in [0.5, 0.6) is 0 Å². The highest BCUT2D eigenvalue weighted by Gasteiger charge is 2.31. The van der Waals surface area contributed by atoms with Crippen molar-refractivity contribution < 1.29 is 13.9 Å². The molecule has 0 unspecified atom stereocenters. The lowest BCUT2D eigenvalue weighted by Crippen LogP contribution is -2.46. The van der Waals surface area contributed by atoms with Gasteiger partial charge in [0.05, 0.1) is 13.2 Å². The second-order valence-electron chi connectivity index (χ2n) is 7.16. The molecule has 138 valence electrons. The van der Waals surface area contributed by atoms with Gasteiger partial charge in [-0.1, -0.05) is 50.3 Å². The number of benzene rings is 1. The summed E-state index contributed by atoms with van der Waals surface area (Å²) < 4.78 is 19.7. The maximum Gasteiger partial charge on any atom is 0.242 e. The Morgan fingerprint density at radius 1 is 1.20 bits per heavy atom. The maximum atomic E-state index is 14.3. The minimum atomic E-state index is -0.573. The van der Waals surface area contributed by atoms with E-state index in [1.807, 2.05) is 4.90 Å². The first kappa shape index (κ1) is 18.3. The fourth-order valence-electron chi connectivity index (χ4n) is 4.01. The van der Waals surface area contributed by atoms with Crippen LogP contribution in [0.25, 0.3) is 0 Å². The molecule has 0 aromatic heterocycles. The minimum Gasteiger partial charge on any atom is -0.379 e. The molecule has 1 atom stereocenters. The van der Waals surface area contributed by atoms with E-state index in [2.05, 4.69) is 5.32 Å². The van der Waals surface area contributed by atoms with Gasteiger partial charge in [0.2, 0.25) is 5.91 Å². The number of nitrogens with one attached hydrogen (secondary N) is 1. The molecule has 1 aromatic rings. The standard InChI is InChI=1S/C20H29FN2O2/c21-18-9-5-4-8-17(18)19(23-12-14-25-15-13-23)20(24)22-11-10-16-6-2-1-3-7-16/h4-5,8-9,16,19H,1-3,6-7,10-15H2,(H,22,24)/t19-/m1/s1. The Morgan fingerprint density at radius 3 is 2.64 bits per heavy atom. The van der Waals surface area contributed by atoms with Crippen LogP contribution in [0.15, 0.2) is 24.3 Å². The summed E-state index contributed by atoms with van der Waals surface area (Å²) in [5.41, 5.74) is 0.458. The Kier molecular flexibility index (Phi) is 6.82. The van der Waals surface area contributed by atoms with Crippen molar-refractivity contribution in [1.82, 2.24) is 10.2 Å². The zero-order valence-electron chi connectivity index (χ0n) is 14.9. The molecule has 0 bridgehead atoms. The van der Waals surface area contributed by atoms with E-state index in [9.17, 15) is 9.18 Å². The van der Waals surface area contributed by atoms with Gasteiger partial charge in [0.25, 0.3) is 0 Å². The number of carbonyl (C=O) groups excluding carboxylic acids is 1. The molecule has 1 N–H and O–H groups in total. The van der Waals surface area contributed by atoms with Gasteiger partial charge in [-0.15, -0.1) is 0 Å². The number of hydrogen-bond donors (Lipinski definition) is 1. The SMILES string of the molecule is O=C(NCCC1CCCCC1)[C@@H](c1ccccc1F)N1CCOCC1. The molecule has 25 heavy (non-hydrogen) atoms. The largest absolute Gasteiger partial charge is 0.379 e. The number of rotatable bonds is 6. The zero-order chi connectivity index (χ0) is 17.5. The number of halogens is 1. The Morgan fingerprint density at radius 2 is 1.92 bits per heavy atom. The first-order valence-corrected chi connectivity index (χ1v) is 9.59. The number of ether oxygens (including phenoxy) is 1. The molecule has 3 rings (SSSR count). The van der Waals surface area contributed by atoms with Crippen LogP contribution in [0.4, 0.5) is 4.39 Å². The van der Waals surface area contributed by atoms with Crippen molar-refractivity contribution >= 4 is 5.91 Å². The second-order valence-corrected chi connectivity index (χ2v) is 7.16. The molecule has 1 aliphatic carbocycles. The van der Waals surface area contributed by atoms with Crippen LogP contribution in [-0.2, 0) is 9.53 Å². The quantitative estimate of drug-likeness (QED) is 0.858. The van der Waals surface area contributed by atoms with Crippen molar-refractivity contribution in [2.75, 3.05) is 32.8 Å². The number of nitrogens with zero attached hydrogens (tertiary/aromatic N) is 1. The van der Waals surface area contributed by atoms with Crippen LogP contribution in [0.2, 0.25) is 0 Å². The van der Waals surface area contributed by atoms with Crippen molar-refractivity contribution in [3.8, 4) is 0 Å². The van der Waals surface area contributed by atoms with Crippen molar-refractivity contribution in [2.45, 2.75) is 44.6 Å². The Hall–Kier alpha value is -1.46. The molecule has 0 radical (unpaired) electrons. The third kappa shape index (κ3) is 5.02. The smallest absolute Gasteiger partial charge is 0.242 e. The molecular formula is C20H29FN2O2. The molecule has 1 heterocycles. The summed E-state index contributed by atoms with van der Waals surface area (Å²) in [6.45, 7) is 3.14. The van der Waals surface area contributed by atoms with E-state index in [0.29, 0.717) is 38.4 Å². The van der Waals surface area contributed by atoms with Gasteiger partial charge in [-0.2, -0.15) is 0 Å². The van der Waals surface area contributed by atoms with Crippen LogP contribution in [-0.4, -0.2) is 43.7 Å². The van der Waals surface area contributed by atoms with Gasteiger partial charge in [-0.05, 0) is 18.4 Å². The average Bonchev–Trinajstić information content (AvgIpc) is 2.65. The molecule has 2 aliphatic rings. The van der Waals surface area contributed by atoms with Crippen LogP contribution in [0.3, 0.4) is 0 Å². The van der Waals surface area contributed by atoms with Crippen molar-refractivity contribution in [3.05, 3.63) is 35.6 Å². The summed E-state index contributed by atoms with van der Waals surface area (Å²) >= 11 is 0. The van der Waals surface area contributed by atoms with Crippen molar-refractivity contribution in [3.63, 3.8) is 0 Å². The highest BCUT2D eigenvalue weighted by atomic mass is 19.1. The zero-order valence-corrected chi connectivity index (χ0v) is 14.9. The highest BCUT2D eigenvalue weighted by molar-refractivity contribution is 5.83. The maximum absolute atomic E-state index is 14.3. The summed E-state index contributed by atoms with van der Waals surface area (Å²) in [4.78, 5) is 14.9. The van der Waals surface area contributed by atoms with Gasteiger partial charge in [-0.3, -0.25) is 9.69 Å². The van der Waals surface area contributed by atoms with Crippen LogP contribution in [0.1, 0.15) is 50.1 Å². The summed E-state index contributed by atoms with van der Waals surface area (Å²) in [7, 11) is 0. The Labute approximate surface area is 149 Å². The van der Waals surface area contributed by atoms with E-state index >= 15 is 0 Å². The van der Waals surface area contributed by atoms with Gasteiger partial charge in [0.1, 0.15) is 11.9 Å². The molecule has 5 heteroatoms. The Balaban J connectivity index is 1.63. The highest BCUT2D eigenvalue weighted by Crippen LogP contribution is 2.27. The second kappa shape index (κ2) is 9.30. The first-order chi connectivity index (χ1) is 12.3. The Bertz CT molecular complexity index is 554. The molecule has 0 spiro atoms. The van der Waals surface area contributed by atoms with Crippen LogP contribution < -0.4 is 5.32 Å². The number of morpholine rings is 1. The third-order valence-electron chi connectivity index (χ3n) is 5.44. The lowest BCUT2D eigenvalue weighted by Gasteiger charge is -2.34. The lowest BCUT2D eigenvalue weighted by atomic mass is 9.87. The summed E-state index contributed by atoms with van der Waals surface area (Å²) in [5, 5.41) is 3.06. The van der Waals surface area contributed by atoms with E-state index in [1.54, 1.807) is 18.2 Å². The summed E-state index contributed by atoms with van der Waals surface area (Å²) in [6.07, 6.45) is 7.54. The summed E-state index contributed by atoms with van der Waals surface area (Å²) in [5.74, 6) is 0.313. The van der Waals surface area contributed by atoms with E-state index in [4.69, 9.17) is 4.74 Å². The fraction of sp³-hybridized carbons (Fsp3) is 0.650. The number of amides is 1. The molecule has 1 saturated carbocycles. The molecular weight excluding hydrogens is 319 g/mol. The molecule has 1 aliphatic heterocycles. The van der Waals surface area contributed by atoms with E-state index in [0.717, 1.165) is 12.3 Å². The van der Waals surface area contributed by atoms with Gasteiger partial charge in [-0.25, -0.2) is 4.39 Å². The minimum absolute atomic E-state index is 0.0946. The van der Waals surface area contributed by atoms with Crippen LogP contribution in [0, 0.1) is 11.7 Å². The van der Waals surface area contributed by atoms with Gasteiger partial charge in [0.15, 0.2) is 0 Å². The average molecular weight is 348 g/mol. The molecule has 4 nitrogen and oxygen atoms in total. The topological polar surface area (TPSA) is 41.6 Å². The van der Waals surface area contributed by atoms with E-state index < -0.39 is 6.04 Å². The number of hydrogen-bond acceptors (Lipinski definition) is 3. The number of carbonyl (C=O) groups is 1. The van der Waals surface area contributed by atoms with Gasteiger partial charge < -0.3 is 10.1 Å². The summed E-state index contributed by atoms with van der Waals surface area (Å²) in [6, 6.07) is 6.03. The monoisotopic (exact) mass is 348 g/mol. The molecule has 1 amide bonds. The predicted octanol–water partition coefficient (Wildman–Crippen LogP) is 3.29. The van der Waals surface area contributed by atoms with Crippen LogP contribution >= 0.6 is 0 Å². The first-order valence-electron chi connectivity index (χ1n) is 9.59. The van der Waals surface area contributed by atoms with E-state index in [1.165, 1.54) is 38.2 Å². The third-order valence-corrected chi connectivity index (χ3v) is 5.44. The van der Waals surface area contributed by atoms with Crippen molar-refractivity contribution in [2.24, 2.45) is 5.92 Å². The molecule has 2 fully saturated rings. The lowest BCUT2D eigenvalue weighted by molar-refractivity contribution is -0.128. The predicted molar refractivity (Wildman–Crippen MR) is 95.7 cm³/mol. The molecule has 1 aromatic carbocycles. The van der Waals surface area contributed by atoms with Gasteiger partial charge >= 0.3 is 0 Å². The fourth-order valence-corrected chi connectivity index (χ4v) is 4.01. The normalized spacial score (nSPS) is 21.0. The van der Waals surface area contributed by atoms with Crippen molar-refractivity contribution in [1.29, 1.82) is 0 Å². The van der Waals surface area contributed by atoms with E-state index in [-0.39, 0.29) is 11.7 Å².